The normalized spacial score (nSPS) is 23.5. The molecule has 0 aliphatic carbocycles. The third-order valence-electron chi connectivity index (χ3n) is 7.13. The largest absolute Gasteiger partial charge is 0.392 e. The van der Waals surface area contributed by atoms with Crippen LogP contribution in [0.5, 0.6) is 0 Å². The van der Waals surface area contributed by atoms with Gasteiger partial charge in [-0.25, -0.2) is 4.98 Å². The van der Waals surface area contributed by atoms with Gasteiger partial charge in [-0.3, -0.25) is 14.5 Å². The fourth-order valence-electron chi connectivity index (χ4n) is 4.79. The summed E-state index contributed by atoms with van der Waals surface area (Å²) in [6, 6.07) is 7.11. The van der Waals surface area contributed by atoms with Crippen LogP contribution in [0, 0.1) is 12.3 Å². The zero-order chi connectivity index (χ0) is 26.6. The second-order valence-electron chi connectivity index (χ2n) is 11.0. The smallest absolute Gasteiger partial charge is 0.239 e. The van der Waals surface area contributed by atoms with Crippen LogP contribution in [0.4, 0.5) is 0 Å². The van der Waals surface area contributed by atoms with Crippen molar-refractivity contribution in [1.82, 2.24) is 25.8 Å². The van der Waals surface area contributed by atoms with Crippen molar-refractivity contribution in [1.29, 1.82) is 0 Å². The van der Waals surface area contributed by atoms with E-state index in [-0.39, 0.29) is 29.3 Å². The number of hydrogen-bond donors (Lipinski definition) is 4. The molecule has 37 heavy (non-hydrogen) atoms. The molecule has 4 atom stereocenters. The predicted molar refractivity (Wildman–Crippen MR) is 144 cm³/mol. The molecule has 10 heteroatoms. The molecule has 2 amide bonds. The molecule has 2 aromatic rings. The fraction of sp³-hybridized carbons (Fsp3) is 0.593. The van der Waals surface area contributed by atoms with Crippen molar-refractivity contribution in [3.63, 3.8) is 0 Å². The van der Waals surface area contributed by atoms with Gasteiger partial charge in [0, 0.05) is 32.2 Å². The molecule has 2 aliphatic rings. The molecule has 2 aliphatic heterocycles. The quantitative estimate of drug-likeness (QED) is 0.411. The van der Waals surface area contributed by atoms with E-state index in [1.54, 1.807) is 11.3 Å². The Balaban J connectivity index is 1.36. The first-order valence-corrected chi connectivity index (χ1v) is 13.8. The van der Waals surface area contributed by atoms with Crippen LogP contribution in [0.1, 0.15) is 38.4 Å². The number of ether oxygens (including phenoxy) is 1. The van der Waals surface area contributed by atoms with Crippen molar-refractivity contribution in [3.8, 4) is 10.4 Å². The van der Waals surface area contributed by atoms with Crippen LogP contribution >= 0.6 is 11.3 Å². The minimum atomic E-state index is -0.581. The molecule has 0 saturated carbocycles. The van der Waals surface area contributed by atoms with Crippen LogP contribution in [0.2, 0.25) is 0 Å². The lowest BCUT2D eigenvalue weighted by Crippen LogP contribution is -2.59. The van der Waals surface area contributed by atoms with E-state index in [0.29, 0.717) is 45.8 Å². The van der Waals surface area contributed by atoms with E-state index in [2.05, 4.69) is 53.8 Å². The molecule has 202 valence electrons. The molecule has 0 bridgehead atoms. The molecule has 4 N–H and O–H groups in total. The Kier molecular flexibility index (Phi) is 8.97. The number of morpholine rings is 1. The average molecular weight is 530 g/mol. The maximum Gasteiger partial charge on any atom is 0.239 e. The topological polar surface area (TPSA) is 116 Å². The number of nitrogens with zero attached hydrogens (tertiary/aromatic N) is 2. The van der Waals surface area contributed by atoms with Gasteiger partial charge in [-0.05, 0) is 29.9 Å². The van der Waals surface area contributed by atoms with E-state index < -0.39 is 12.1 Å². The minimum absolute atomic E-state index is 0.0997. The summed E-state index contributed by atoms with van der Waals surface area (Å²) in [5.41, 5.74) is 4.74. The van der Waals surface area contributed by atoms with Crippen LogP contribution < -0.4 is 16.0 Å². The summed E-state index contributed by atoms with van der Waals surface area (Å²) in [4.78, 5) is 33.5. The third kappa shape index (κ3) is 7.14. The lowest BCUT2D eigenvalue weighted by atomic mass is 9.86. The van der Waals surface area contributed by atoms with E-state index in [0.717, 1.165) is 21.7 Å². The number of hydrogen-bond acceptors (Lipinski definition) is 8. The number of aliphatic hydroxyl groups is 1. The van der Waals surface area contributed by atoms with Gasteiger partial charge in [0.05, 0.1) is 41.4 Å². The zero-order valence-electron chi connectivity index (χ0n) is 22.1. The van der Waals surface area contributed by atoms with Crippen molar-refractivity contribution in [2.45, 2.75) is 64.9 Å². The summed E-state index contributed by atoms with van der Waals surface area (Å²) in [6.07, 6.45) is -0.208. The Morgan fingerprint density at radius 3 is 2.65 bits per heavy atom. The lowest BCUT2D eigenvalue weighted by Gasteiger charge is -2.37. The first kappa shape index (κ1) is 27.7. The molecule has 0 spiro atoms. The Morgan fingerprint density at radius 1 is 1.27 bits per heavy atom. The van der Waals surface area contributed by atoms with E-state index in [1.165, 1.54) is 0 Å². The number of nitrogens with one attached hydrogen (secondary N) is 3. The Labute approximate surface area is 223 Å². The number of carbonyl (C=O) groups excluding carboxylic acids is 2. The minimum Gasteiger partial charge on any atom is -0.392 e. The number of aliphatic hydroxyl groups excluding tert-OH is 1. The van der Waals surface area contributed by atoms with Crippen molar-refractivity contribution in [2.24, 2.45) is 5.41 Å². The summed E-state index contributed by atoms with van der Waals surface area (Å²) in [6.45, 7) is 11.1. The lowest BCUT2D eigenvalue weighted by molar-refractivity contribution is -0.128. The number of aromatic nitrogens is 1. The van der Waals surface area contributed by atoms with Gasteiger partial charge in [0.2, 0.25) is 11.8 Å². The number of likely N-dealkylation sites (tertiary alicyclic amines) is 1. The standard InChI is InChI=1S/C27H39N5O4S/c1-17-24(37-16-30-17)19-7-5-18(6-8-19)12-29-26(35)22-11-20(33)13-32(22)14-23(27(2,3)4)31-25(34)21-15-36-10-9-28-21/h5-8,16,20-23,28,33H,9-15H2,1-4H3,(H,29,35)(H,31,34)/t20-,21+,22+,23-/m1/s1. The van der Waals surface area contributed by atoms with Crippen molar-refractivity contribution >= 4 is 23.2 Å². The maximum absolute atomic E-state index is 13.2. The number of amides is 2. The number of rotatable bonds is 8. The number of β-amino-alcohol motifs (C(OH)–C–C–N with tert-alkyl or cyclic N) is 1. The van der Waals surface area contributed by atoms with Crippen LogP contribution in [0.15, 0.2) is 29.8 Å². The number of aryl methyl sites for hydroxylation is 1. The second kappa shape index (κ2) is 12.0. The first-order valence-electron chi connectivity index (χ1n) is 12.9. The summed E-state index contributed by atoms with van der Waals surface area (Å²) in [5.74, 6) is -0.211. The highest BCUT2D eigenvalue weighted by Crippen LogP contribution is 2.28. The molecule has 0 radical (unpaired) electrons. The summed E-state index contributed by atoms with van der Waals surface area (Å²) < 4.78 is 5.44. The van der Waals surface area contributed by atoms with E-state index in [4.69, 9.17) is 4.74 Å². The fourth-order valence-corrected chi connectivity index (χ4v) is 5.60. The highest BCUT2D eigenvalue weighted by molar-refractivity contribution is 7.13. The molecule has 2 saturated heterocycles. The second-order valence-corrected chi connectivity index (χ2v) is 11.9. The highest BCUT2D eigenvalue weighted by atomic mass is 32.1. The molecule has 0 unspecified atom stereocenters. The Bertz CT molecular complexity index is 1060. The van der Waals surface area contributed by atoms with E-state index >= 15 is 0 Å². The van der Waals surface area contributed by atoms with Crippen LogP contribution in [-0.2, 0) is 20.9 Å². The number of thiazole rings is 1. The molecule has 2 fully saturated rings. The predicted octanol–water partition coefficient (Wildman–Crippen LogP) is 1.69. The average Bonchev–Trinajstić information content (AvgIpc) is 3.47. The van der Waals surface area contributed by atoms with Gasteiger partial charge in [0.1, 0.15) is 6.04 Å². The Morgan fingerprint density at radius 2 is 2.03 bits per heavy atom. The van der Waals surface area contributed by atoms with E-state index in [9.17, 15) is 14.7 Å². The third-order valence-corrected chi connectivity index (χ3v) is 8.11. The van der Waals surface area contributed by atoms with E-state index in [1.807, 2.05) is 29.5 Å². The van der Waals surface area contributed by atoms with Crippen molar-refractivity contribution < 1.29 is 19.4 Å². The number of carbonyl (C=O) groups is 2. The zero-order valence-corrected chi connectivity index (χ0v) is 22.9. The molecular weight excluding hydrogens is 490 g/mol. The van der Waals surface area contributed by atoms with Gasteiger partial charge < -0.3 is 25.8 Å². The van der Waals surface area contributed by atoms with Gasteiger partial charge in [-0.1, -0.05) is 45.0 Å². The molecule has 1 aromatic carbocycles. The summed E-state index contributed by atoms with van der Waals surface area (Å²) in [5, 5.41) is 19.8. The van der Waals surface area contributed by atoms with Crippen LogP contribution in [0.3, 0.4) is 0 Å². The first-order chi connectivity index (χ1) is 17.6. The molecule has 3 heterocycles. The van der Waals surface area contributed by atoms with Gasteiger partial charge in [-0.15, -0.1) is 11.3 Å². The van der Waals surface area contributed by atoms with Gasteiger partial charge in [-0.2, -0.15) is 0 Å². The number of benzene rings is 1. The SMILES string of the molecule is Cc1ncsc1-c1ccc(CNC(=O)[C@@H]2C[C@@H](O)CN2C[C@@H](NC(=O)[C@@H]2COCCN2)C(C)(C)C)cc1. The monoisotopic (exact) mass is 529 g/mol. The Hall–Kier alpha value is -2.37. The molecule has 9 nitrogen and oxygen atoms in total. The van der Waals surface area contributed by atoms with Gasteiger partial charge >= 0.3 is 0 Å². The van der Waals surface area contributed by atoms with Crippen LogP contribution in [0.25, 0.3) is 10.4 Å². The van der Waals surface area contributed by atoms with Crippen LogP contribution in [-0.4, -0.2) is 83.9 Å². The molecule has 1 aromatic heterocycles. The highest BCUT2D eigenvalue weighted by Gasteiger charge is 2.39. The summed E-state index contributed by atoms with van der Waals surface area (Å²) in [7, 11) is 0. The molecule has 4 rings (SSSR count). The van der Waals surface area contributed by atoms with Crippen molar-refractivity contribution in [3.05, 3.63) is 41.0 Å². The van der Waals surface area contributed by atoms with Crippen molar-refractivity contribution in [2.75, 3.05) is 32.8 Å². The molecular formula is C27H39N5O4S. The van der Waals surface area contributed by atoms with Gasteiger partial charge in [0.25, 0.3) is 0 Å². The van der Waals surface area contributed by atoms with Gasteiger partial charge in [0.15, 0.2) is 0 Å². The maximum atomic E-state index is 13.2. The summed E-state index contributed by atoms with van der Waals surface area (Å²) >= 11 is 1.62.